The molecule has 3 N–H and O–H groups in total. The second kappa shape index (κ2) is 5.40. The van der Waals surface area contributed by atoms with Crippen molar-refractivity contribution in [2.24, 2.45) is 5.73 Å². The number of hydrogen-bond donors (Lipinski definition) is 2. The third kappa shape index (κ3) is 2.21. The van der Waals surface area contributed by atoms with Gasteiger partial charge in [-0.05, 0) is 23.6 Å². The van der Waals surface area contributed by atoms with Crippen molar-refractivity contribution in [3.05, 3.63) is 48.5 Å². The van der Waals surface area contributed by atoms with Gasteiger partial charge in [0.15, 0.2) is 6.35 Å². The molecule has 6 nitrogen and oxygen atoms in total. The van der Waals surface area contributed by atoms with Crippen molar-refractivity contribution in [2.45, 2.75) is 24.4 Å². The number of benzene rings is 1. The topological polar surface area (TPSA) is 82.3 Å². The van der Waals surface area contributed by atoms with Gasteiger partial charge in [-0.25, -0.2) is 9.97 Å². The molecule has 0 radical (unpaired) electrons. The van der Waals surface area contributed by atoms with Crippen molar-refractivity contribution in [1.29, 1.82) is 0 Å². The lowest BCUT2D eigenvalue weighted by Crippen LogP contribution is -2.52. The Morgan fingerprint density at radius 2 is 2.09 bits per heavy atom. The Bertz CT molecular complexity index is 666. The van der Waals surface area contributed by atoms with Crippen molar-refractivity contribution >= 4 is 0 Å². The highest BCUT2D eigenvalue weighted by Crippen LogP contribution is 2.39. The number of nitrogens with zero attached hydrogens (tertiary/aromatic N) is 2. The van der Waals surface area contributed by atoms with Crippen molar-refractivity contribution in [3.63, 3.8) is 0 Å². The Morgan fingerprint density at radius 1 is 1.23 bits per heavy atom. The number of fused-ring (bicyclic) bond motifs is 1. The van der Waals surface area contributed by atoms with Crippen LogP contribution in [0.1, 0.15) is 12.0 Å². The molecule has 4 rings (SSSR count). The van der Waals surface area contributed by atoms with Crippen LogP contribution in [0.25, 0.3) is 11.1 Å². The first-order chi connectivity index (χ1) is 10.8. The average Bonchev–Trinajstić information content (AvgIpc) is 2.93. The Labute approximate surface area is 128 Å². The van der Waals surface area contributed by atoms with Crippen LogP contribution < -0.4 is 11.1 Å². The molecule has 2 saturated heterocycles. The molecule has 114 valence electrons. The Morgan fingerprint density at radius 3 is 2.95 bits per heavy atom. The predicted octanol–water partition coefficient (Wildman–Crippen LogP) is 0.990. The monoisotopic (exact) mass is 298 g/mol. The molecule has 2 aromatic rings. The van der Waals surface area contributed by atoms with Crippen LogP contribution in [0.15, 0.2) is 43.0 Å². The minimum Gasteiger partial charge on any atom is -0.379 e. The van der Waals surface area contributed by atoms with Crippen LogP contribution in [0.3, 0.4) is 0 Å². The molecule has 2 aliphatic heterocycles. The summed E-state index contributed by atoms with van der Waals surface area (Å²) in [7, 11) is 0. The Hall–Kier alpha value is -1.86. The molecule has 6 heteroatoms. The predicted molar refractivity (Wildman–Crippen MR) is 80.6 cm³/mol. The van der Waals surface area contributed by atoms with Crippen LogP contribution in [0, 0.1) is 0 Å². The molecule has 3 atom stereocenters. The number of hydrogen-bond acceptors (Lipinski definition) is 6. The van der Waals surface area contributed by atoms with Gasteiger partial charge in [-0.1, -0.05) is 18.2 Å². The molecule has 0 spiro atoms. The first-order valence-corrected chi connectivity index (χ1v) is 7.40. The Kier molecular flexibility index (Phi) is 3.38. The molecule has 22 heavy (non-hydrogen) atoms. The molecule has 3 heterocycles. The molecule has 0 bridgehead atoms. The third-order valence-corrected chi connectivity index (χ3v) is 4.44. The van der Waals surface area contributed by atoms with Gasteiger partial charge in [-0.3, -0.25) is 11.1 Å². The highest BCUT2D eigenvalue weighted by atomic mass is 16.6. The van der Waals surface area contributed by atoms with Gasteiger partial charge in [0.05, 0.1) is 12.1 Å². The molecule has 1 aromatic heterocycles. The number of rotatable bonds is 2. The smallest absolute Gasteiger partial charge is 0.162 e. The van der Waals surface area contributed by atoms with Gasteiger partial charge in [-0.2, -0.15) is 0 Å². The van der Waals surface area contributed by atoms with Gasteiger partial charge in [0.2, 0.25) is 0 Å². The standard InChI is InChI=1S/C16H18N4O2/c17-15-20-16(4-5-21-9-14(16)22-15)13-3-1-2-11(6-13)12-7-18-10-19-8-12/h1-3,6-8,10,14-15,20H,4-5,9,17H2/t14-,15?,16-/m1/s1. The first kappa shape index (κ1) is 13.8. The molecular weight excluding hydrogens is 280 g/mol. The maximum Gasteiger partial charge on any atom is 0.162 e. The fourth-order valence-electron chi connectivity index (χ4n) is 3.35. The summed E-state index contributed by atoms with van der Waals surface area (Å²) in [5, 5.41) is 3.41. The molecule has 0 saturated carbocycles. The number of nitrogens with two attached hydrogens (primary N) is 1. The molecule has 1 unspecified atom stereocenters. The lowest BCUT2D eigenvalue weighted by atomic mass is 9.80. The summed E-state index contributed by atoms with van der Waals surface area (Å²) < 4.78 is 11.3. The molecule has 2 aliphatic rings. The van der Waals surface area contributed by atoms with E-state index in [4.69, 9.17) is 15.2 Å². The van der Waals surface area contributed by atoms with E-state index in [9.17, 15) is 0 Å². The molecule has 0 amide bonds. The maximum absolute atomic E-state index is 5.96. The number of nitrogens with one attached hydrogen (secondary N) is 1. The van der Waals surface area contributed by atoms with Gasteiger partial charge in [0, 0.05) is 24.6 Å². The zero-order valence-corrected chi connectivity index (χ0v) is 12.1. The van der Waals surface area contributed by atoms with Crippen LogP contribution >= 0.6 is 0 Å². The minimum absolute atomic E-state index is 0.0708. The van der Waals surface area contributed by atoms with E-state index in [2.05, 4.69) is 33.5 Å². The van der Waals surface area contributed by atoms with E-state index in [1.54, 1.807) is 0 Å². The van der Waals surface area contributed by atoms with E-state index in [0.717, 1.165) is 23.1 Å². The third-order valence-electron chi connectivity index (χ3n) is 4.44. The van der Waals surface area contributed by atoms with Crippen LogP contribution in [-0.2, 0) is 15.0 Å². The Balaban J connectivity index is 1.76. The fraction of sp³-hybridized carbons (Fsp3) is 0.375. The van der Waals surface area contributed by atoms with Crippen LogP contribution in [0.4, 0.5) is 0 Å². The molecule has 2 fully saturated rings. The van der Waals surface area contributed by atoms with E-state index in [1.807, 2.05) is 18.5 Å². The lowest BCUT2D eigenvalue weighted by Gasteiger charge is -2.38. The second-order valence-electron chi connectivity index (χ2n) is 5.69. The zero-order chi connectivity index (χ0) is 15.0. The number of aromatic nitrogens is 2. The summed E-state index contributed by atoms with van der Waals surface area (Å²) in [5.41, 5.74) is 8.91. The summed E-state index contributed by atoms with van der Waals surface area (Å²) in [6.07, 6.45) is 5.46. The largest absolute Gasteiger partial charge is 0.379 e. The van der Waals surface area contributed by atoms with Gasteiger partial charge in [0.25, 0.3) is 0 Å². The summed E-state index contributed by atoms with van der Waals surface area (Å²) >= 11 is 0. The maximum atomic E-state index is 5.96. The van der Waals surface area contributed by atoms with E-state index in [1.165, 1.54) is 6.33 Å². The first-order valence-electron chi connectivity index (χ1n) is 7.40. The minimum atomic E-state index is -0.463. The fourth-order valence-corrected chi connectivity index (χ4v) is 3.35. The van der Waals surface area contributed by atoms with Crippen LogP contribution in [0.2, 0.25) is 0 Å². The van der Waals surface area contributed by atoms with Gasteiger partial charge in [0.1, 0.15) is 12.4 Å². The second-order valence-corrected chi connectivity index (χ2v) is 5.69. The van der Waals surface area contributed by atoms with Gasteiger partial charge >= 0.3 is 0 Å². The summed E-state index contributed by atoms with van der Waals surface area (Å²) in [5.74, 6) is 0. The van der Waals surface area contributed by atoms with E-state index >= 15 is 0 Å². The van der Waals surface area contributed by atoms with Crippen LogP contribution in [-0.4, -0.2) is 35.6 Å². The highest BCUT2D eigenvalue weighted by molar-refractivity contribution is 5.62. The van der Waals surface area contributed by atoms with Crippen molar-refractivity contribution in [1.82, 2.24) is 15.3 Å². The SMILES string of the molecule is NC1N[C@@]2(c3cccc(-c4cncnc4)c3)CCOC[C@H]2O1. The summed E-state index contributed by atoms with van der Waals surface area (Å²) in [4.78, 5) is 8.18. The summed E-state index contributed by atoms with van der Waals surface area (Å²) in [6.45, 7) is 1.25. The summed E-state index contributed by atoms with van der Waals surface area (Å²) in [6, 6.07) is 8.37. The highest BCUT2D eigenvalue weighted by Gasteiger charge is 2.50. The van der Waals surface area contributed by atoms with E-state index in [-0.39, 0.29) is 11.6 Å². The van der Waals surface area contributed by atoms with Gasteiger partial charge < -0.3 is 9.47 Å². The average molecular weight is 298 g/mol. The van der Waals surface area contributed by atoms with Crippen LogP contribution in [0.5, 0.6) is 0 Å². The van der Waals surface area contributed by atoms with Crippen molar-refractivity contribution in [2.75, 3.05) is 13.2 Å². The normalized spacial score (nSPS) is 31.0. The molecule has 1 aromatic carbocycles. The zero-order valence-electron chi connectivity index (χ0n) is 12.1. The van der Waals surface area contributed by atoms with Gasteiger partial charge in [-0.15, -0.1) is 0 Å². The van der Waals surface area contributed by atoms with E-state index < -0.39 is 6.35 Å². The number of ether oxygens (including phenoxy) is 2. The molecular formula is C16H18N4O2. The quantitative estimate of drug-likeness (QED) is 0.860. The molecule has 0 aliphatic carbocycles. The lowest BCUT2D eigenvalue weighted by molar-refractivity contribution is -0.0634. The van der Waals surface area contributed by atoms with Crippen molar-refractivity contribution in [3.8, 4) is 11.1 Å². The van der Waals surface area contributed by atoms with Crippen molar-refractivity contribution < 1.29 is 9.47 Å². The van der Waals surface area contributed by atoms with E-state index in [0.29, 0.717) is 13.2 Å².